The molecule has 1 saturated heterocycles. The van der Waals surface area contributed by atoms with Crippen LogP contribution in [0.5, 0.6) is 0 Å². The van der Waals surface area contributed by atoms with Crippen LogP contribution in [0.15, 0.2) is 36.4 Å². The fraction of sp³-hybridized carbons (Fsp3) is 0.450. The van der Waals surface area contributed by atoms with Crippen LogP contribution < -0.4 is 4.90 Å². The Kier molecular flexibility index (Phi) is 4.61. The number of hydrogen-bond donors (Lipinski definition) is 0. The molecule has 2 fully saturated rings. The number of alkyl halides is 3. The molecular formula is C20H21F3N3. The van der Waals surface area contributed by atoms with Crippen molar-refractivity contribution in [2.75, 3.05) is 37.6 Å². The van der Waals surface area contributed by atoms with Gasteiger partial charge >= 0.3 is 6.18 Å². The Morgan fingerprint density at radius 3 is 2.31 bits per heavy atom. The third-order valence-corrected chi connectivity index (χ3v) is 5.09. The fourth-order valence-corrected chi connectivity index (χ4v) is 3.35. The van der Waals surface area contributed by atoms with Crippen LogP contribution in [0.2, 0.25) is 0 Å². The molecule has 2 aromatic rings. The maximum Gasteiger partial charge on any atom is 0.416 e. The molecule has 4 rings (SSSR count). The van der Waals surface area contributed by atoms with Gasteiger partial charge in [0.1, 0.15) is 5.82 Å². The molecule has 1 aromatic heterocycles. The highest BCUT2D eigenvalue weighted by Crippen LogP contribution is 2.31. The monoisotopic (exact) mass is 360 g/mol. The van der Waals surface area contributed by atoms with Gasteiger partial charge in [-0.3, -0.25) is 4.90 Å². The molecule has 137 valence electrons. The van der Waals surface area contributed by atoms with Crippen molar-refractivity contribution in [2.24, 2.45) is 5.92 Å². The number of piperazine rings is 1. The van der Waals surface area contributed by atoms with Crippen LogP contribution >= 0.6 is 0 Å². The molecule has 0 unspecified atom stereocenters. The summed E-state index contributed by atoms with van der Waals surface area (Å²) in [5.41, 5.74) is 0.674. The summed E-state index contributed by atoms with van der Waals surface area (Å²) in [5.74, 6) is 1.74. The van der Waals surface area contributed by atoms with Crippen molar-refractivity contribution >= 4 is 5.82 Å². The summed E-state index contributed by atoms with van der Waals surface area (Å²) >= 11 is 0. The van der Waals surface area contributed by atoms with E-state index < -0.39 is 11.7 Å². The molecule has 2 heterocycles. The Balaban J connectivity index is 1.45. The molecular weight excluding hydrogens is 339 g/mol. The number of halogens is 3. The van der Waals surface area contributed by atoms with Crippen molar-refractivity contribution in [3.63, 3.8) is 0 Å². The van der Waals surface area contributed by atoms with Gasteiger partial charge < -0.3 is 4.90 Å². The average Bonchev–Trinajstić information content (AvgIpc) is 3.46. The zero-order valence-electron chi connectivity index (χ0n) is 14.5. The van der Waals surface area contributed by atoms with Crippen molar-refractivity contribution in [1.82, 2.24) is 9.88 Å². The van der Waals surface area contributed by atoms with E-state index in [-0.39, 0.29) is 0 Å². The smallest absolute Gasteiger partial charge is 0.354 e. The summed E-state index contributed by atoms with van der Waals surface area (Å²) in [6.45, 7) is 5.11. The lowest BCUT2D eigenvalue weighted by Crippen LogP contribution is -2.47. The number of pyridine rings is 1. The minimum atomic E-state index is -4.32. The number of benzene rings is 1. The molecule has 1 saturated carbocycles. The molecule has 0 spiro atoms. The summed E-state index contributed by atoms with van der Waals surface area (Å²) < 4.78 is 38.1. The number of aromatic nitrogens is 1. The van der Waals surface area contributed by atoms with Gasteiger partial charge in [0.05, 0.1) is 11.3 Å². The molecule has 1 aliphatic heterocycles. The van der Waals surface area contributed by atoms with Crippen LogP contribution in [0, 0.1) is 12.0 Å². The molecule has 6 heteroatoms. The first-order valence-corrected chi connectivity index (χ1v) is 9.02. The average molecular weight is 360 g/mol. The molecule has 3 nitrogen and oxygen atoms in total. The highest BCUT2D eigenvalue weighted by molar-refractivity contribution is 5.62. The molecule has 0 amide bonds. The third-order valence-electron chi connectivity index (χ3n) is 5.09. The first-order valence-electron chi connectivity index (χ1n) is 9.02. The SMILES string of the molecule is FC(F)(F)c1ccc(-c2c[c]cc(N3CCN(CC4CC4)CC3)n2)cc1. The largest absolute Gasteiger partial charge is 0.416 e. The minimum absolute atomic E-state index is 0.645. The fourth-order valence-electron chi connectivity index (χ4n) is 3.35. The Morgan fingerprint density at radius 1 is 1.00 bits per heavy atom. The van der Waals surface area contributed by atoms with Crippen LogP contribution in [0.3, 0.4) is 0 Å². The first-order chi connectivity index (χ1) is 12.5. The second kappa shape index (κ2) is 6.91. The zero-order chi connectivity index (χ0) is 18.1. The van der Waals surface area contributed by atoms with E-state index in [1.165, 1.54) is 31.5 Å². The molecule has 1 aliphatic carbocycles. The maximum atomic E-state index is 12.7. The highest BCUT2D eigenvalue weighted by Gasteiger charge is 2.30. The second-order valence-electron chi connectivity index (χ2n) is 7.12. The van der Waals surface area contributed by atoms with Crippen LogP contribution in [0.25, 0.3) is 11.3 Å². The van der Waals surface area contributed by atoms with Gasteiger partial charge in [0.2, 0.25) is 0 Å². The lowest BCUT2D eigenvalue weighted by Gasteiger charge is -2.35. The quantitative estimate of drug-likeness (QED) is 0.818. The number of nitrogens with zero attached hydrogens (tertiary/aromatic N) is 3. The van der Waals surface area contributed by atoms with Crippen LogP contribution in [0.4, 0.5) is 19.0 Å². The van der Waals surface area contributed by atoms with Crippen LogP contribution in [0.1, 0.15) is 18.4 Å². The predicted molar refractivity (Wildman–Crippen MR) is 94.9 cm³/mol. The second-order valence-corrected chi connectivity index (χ2v) is 7.12. The molecule has 0 N–H and O–H groups in total. The maximum absolute atomic E-state index is 12.7. The van der Waals surface area contributed by atoms with Gasteiger partial charge in [0.25, 0.3) is 0 Å². The van der Waals surface area contributed by atoms with Gasteiger partial charge in [-0.25, -0.2) is 4.98 Å². The van der Waals surface area contributed by atoms with Gasteiger partial charge in [-0.05, 0) is 49.1 Å². The zero-order valence-corrected chi connectivity index (χ0v) is 14.5. The lowest BCUT2D eigenvalue weighted by molar-refractivity contribution is -0.137. The van der Waals surface area contributed by atoms with E-state index in [9.17, 15) is 13.2 Å². The predicted octanol–water partition coefficient (Wildman–Crippen LogP) is 4.10. The molecule has 1 radical (unpaired) electrons. The summed E-state index contributed by atoms with van der Waals surface area (Å²) in [4.78, 5) is 9.39. The van der Waals surface area contributed by atoms with E-state index in [2.05, 4.69) is 20.9 Å². The van der Waals surface area contributed by atoms with Crippen molar-refractivity contribution in [3.8, 4) is 11.3 Å². The minimum Gasteiger partial charge on any atom is -0.354 e. The molecule has 26 heavy (non-hydrogen) atoms. The molecule has 0 bridgehead atoms. The summed E-state index contributed by atoms with van der Waals surface area (Å²) in [5, 5.41) is 0. The molecule has 1 aromatic carbocycles. The van der Waals surface area contributed by atoms with E-state index in [1.807, 2.05) is 6.07 Å². The van der Waals surface area contributed by atoms with Crippen molar-refractivity contribution < 1.29 is 13.2 Å². The Morgan fingerprint density at radius 2 is 1.69 bits per heavy atom. The summed E-state index contributed by atoms with van der Waals surface area (Å²) in [6, 6.07) is 11.8. The Hall–Kier alpha value is -2.08. The first kappa shape index (κ1) is 17.3. The van der Waals surface area contributed by atoms with Crippen LogP contribution in [-0.4, -0.2) is 42.6 Å². The topological polar surface area (TPSA) is 19.4 Å². The summed E-state index contributed by atoms with van der Waals surface area (Å²) in [6.07, 6.45) is -1.59. The lowest BCUT2D eigenvalue weighted by atomic mass is 10.1. The van der Waals surface area contributed by atoms with Gasteiger partial charge in [-0.2, -0.15) is 13.2 Å². The number of anilines is 1. The van der Waals surface area contributed by atoms with Gasteiger partial charge in [0, 0.05) is 38.3 Å². The van der Waals surface area contributed by atoms with E-state index >= 15 is 0 Å². The number of rotatable bonds is 4. The normalized spacial score (nSPS) is 19.0. The highest BCUT2D eigenvalue weighted by atomic mass is 19.4. The van der Waals surface area contributed by atoms with Gasteiger partial charge in [-0.15, -0.1) is 0 Å². The van der Waals surface area contributed by atoms with Crippen LogP contribution in [-0.2, 0) is 6.18 Å². The van der Waals surface area contributed by atoms with Gasteiger partial charge in [-0.1, -0.05) is 12.1 Å². The van der Waals surface area contributed by atoms with Crippen molar-refractivity contribution in [2.45, 2.75) is 19.0 Å². The van der Waals surface area contributed by atoms with E-state index in [0.29, 0.717) is 11.3 Å². The standard InChI is InChI=1S/C20H21F3N3/c21-20(22,23)17-8-6-16(7-9-17)18-2-1-3-19(24-18)26-12-10-25(11-13-26)14-15-4-5-15/h2-3,6-9,15H,4-5,10-14H2. The van der Waals surface area contributed by atoms with Crippen molar-refractivity contribution in [1.29, 1.82) is 0 Å². The van der Waals surface area contributed by atoms with Gasteiger partial charge in [0.15, 0.2) is 0 Å². The third kappa shape index (κ3) is 4.01. The van der Waals surface area contributed by atoms with Crippen molar-refractivity contribution in [3.05, 3.63) is 48.0 Å². The molecule has 2 aliphatic rings. The van der Waals surface area contributed by atoms with E-state index in [4.69, 9.17) is 0 Å². The Bertz CT molecular complexity index is 746. The molecule has 0 atom stereocenters. The Labute approximate surface area is 151 Å². The number of hydrogen-bond acceptors (Lipinski definition) is 3. The van der Waals surface area contributed by atoms with E-state index in [0.717, 1.165) is 50.0 Å². The summed E-state index contributed by atoms with van der Waals surface area (Å²) in [7, 11) is 0. The van der Waals surface area contributed by atoms with E-state index in [1.54, 1.807) is 6.07 Å².